The van der Waals surface area contributed by atoms with E-state index in [1.54, 1.807) is 10.9 Å². The van der Waals surface area contributed by atoms with Crippen molar-refractivity contribution < 1.29 is 0 Å². The Morgan fingerprint density at radius 3 is 2.92 bits per heavy atom. The number of hydrogen-bond acceptors (Lipinski definition) is 4. The molecule has 0 aliphatic heterocycles. The molecule has 2 heterocycles. The van der Waals surface area contributed by atoms with Crippen molar-refractivity contribution in [1.82, 2.24) is 19.1 Å². The summed E-state index contributed by atoms with van der Waals surface area (Å²) < 4.78 is 6.69. The Hall–Kier alpha value is -0.750. The predicted octanol–water partition coefficient (Wildman–Crippen LogP) is 1.79. The van der Waals surface area contributed by atoms with Crippen LogP contribution in [-0.2, 0) is 0 Å². The number of nitrogens with zero attached hydrogens (tertiary/aromatic N) is 4. The molecule has 12 heavy (non-hydrogen) atoms. The summed E-state index contributed by atoms with van der Waals surface area (Å²) in [5, 5.41) is 4.87. The van der Waals surface area contributed by atoms with Crippen LogP contribution in [0.25, 0.3) is 5.13 Å². The van der Waals surface area contributed by atoms with Crippen LogP contribution < -0.4 is 0 Å². The fourth-order valence-electron chi connectivity index (χ4n) is 0.785. The van der Waals surface area contributed by atoms with Crippen LogP contribution in [0.1, 0.15) is 5.82 Å². The van der Waals surface area contributed by atoms with Crippen LogP contribution in [-0.4, -0.2) is 19.1 Å². The van der Waals surface area contributed by atoms with Crippen molar-refractivity contribution in [3.8, 4) is 5.13 Å². The highest BCUT2D eigenvalue weighted by Gasteiger charge is 2.03. The molecule has 4 nitrogen and oxygen atoms in total. The van der Waals surface area contributed by atoms with E-state index in [2.05, 4.69) is 30.4 Å². The molecule has 0 N–H and O–H groups in total. The molecule has 0 spiro atoms. The highest BCUT2D eigenvalue weighted by molar-refractivity contribution is 9.10. The van der Waals surface area contributed by atoms with Gasteiger partial charge in [0.1, 0.15) is 5.82 Å². The zero-order chi connectivity index (χ0) is 8.55. The lowest BCUT2D eigenvalue weighted by molar-refractivity contribution is 0.863. The molecule has 62 valence electrons. The molecule has 6 heteroatoms. The van der Waals surface area contributed by atoms with Gasteiger partial charge in [-0.25, -0.2) is 9.67 Å². The van der Waals surface area contributed by atoms with E-state index in [0.717, 1.165) is 15.4 Å². The molecule has 0 bridgehead atoms. The van der Waals surface area contributed by atoms with Gasteiger partial charge >= 0.3 is 0 Å². The summed E-state index contributed by atoms with van der Waals surface area (Å²) in [6.07, 6.45) is 3.57. The Labute approximate surface area is 81.5 Å². The minimum Gasteiger partial charge on any atom is -0.211 e. The van der Waals surface area contributed by atoms with Crippen molar-refractivity contribution in [2.24, 2.45) is 0 Å². The summed E-state index contributed by atoms with van der Waals surface area (Å²) in [4.78, 5) is 4.18. The van der Waals surface area contributed by atoms with Gasteiger partial charge in [0.05, 0.1) is 10.7 Å². The lowest BCUT2D eigenvalue weighted by atomic mass is 10.7. The van der Waals surface area contributed by atoms with E-state index in [-0.39, 0.29) is 0 Å². The molecule has 0 saturated carbocycles. The van der Waals surface area contributed by atoms with Gasteiger partial charge in [-0.15, -0.1) is 0 Å². The Balaban J connectivity index is 2.43. The standard InChI is InChI=1S/C6H5BrN4S/c1-4-9-6(12-10-4)11-3-5(7)2-8-11/h2-3H,1H3. The number of aromatic nitrogens is 4. The first-order valence-corrected chi connectivity index (χ1v) is 4.83. The van der Waals surface area contributed by atoms with Gasteiger partial charge in [0.2, 0.25) is 5.13 Å². The van der Waals surface area contributed by atoms with E-state index in [1.807, 2.05) is 13.1 Å². The SMILES string of the molecule is Cc1nsc(-n2cc(Br)cn2)n1. The average Bonchev–Trinajstić information content (AvgIpc) is 2.58. The van der Waals surface area contributed by atoms with Crippen LogP contribution >= 0.6 is 27.5 Å². The zero-order valence-electron chi connectivity index (χ0n) is 6.23. The molecule has 0 amide bonds. The van der Waals surface area contributed by atoms with E-state index in [9.17, 15) is 0 Å². The molecule has 2 aromatic rings. The second-order valence-corrected chi connectivity index (χ2v) is 3.87. The van der Waals surface area contributed by atoms with Gasteiger partial charge in [-0.2, -0.15) is 9.47 Å². The van der Waals surface area contributed by atoms with E-state index in [4.69, 9.17) is 0 Å². The smallest absolute Gasteiger partial charge is 0.211 e. The van der Waals surface area contributed by atoms with Gasteiger partial charge in [-0.05, 0) is 22.9 Å². The van der Waals surface area contributed by atoms with Crippen LogP contribution in [0.5, 0.6) is 0 Å². The Morgan fingerprint density at radius 1 is 1.58 bits per heavy atom. The van der Waals surface area contributed by atoms with E-state index < -0.39 is 0 Å². The maximum atomic E-state index is 4.18. The molecule has 0 fully saturated rings. The maximum absolute atomic E-state index is 4.18. The van der Waals surface area contributed by atoms with Gasteiger partial charge in [0.25, 0.3) is 0 Å². The first-order valence-electron chi connectivity index (χ1n) is 3.26. The van der Waals surface area contributed by atoms with Gasteiger partial charge in [0, 0.05) is 17.7 Å². The van der Waals surface area contributed by atoms with Gasteiger partial charge in [-0.1, -0.05) is 0 Å². The summed E-state index contributed by atoms with van der Waals surface area (Å²) in [5.74, 6) is 0.779. The Bertz CT molecular complexity index is 355. The quantitative estimate of drug-likeness (QED) is 0.769. The van der Waals surface area contributed by atoms with Crippen LogP contribution in [0, 0.1) is 6.92 Å². The average molecular weight is 245 g/mol. The van der Waals surface area contributed by atoms with E-state index >= 15 is 0 Å². The third kappa shape index (κ3) is 1.39. The lowest BCUT2D eigenvalue weighted by Gasteiger charge is -1.89. The van der Waals surface area contributed by atoms with Crippen molar-refractivity contribution in [2.45, 2.75) is 6.92 Å². The molecule has 0 aromatic carbocycles. The van der Waals surface area contributed by atoms with E-state index in [1.165, 1.54) is 11.5 Å². The topological polar surface area (TPSA) is 43.6 Å². The maximum Gasteiger partial charge on any atom is 0.230 e. The molecule has 0 atom stereocenters. The molecule has 0 aliphatic rings. The number of rotatable bonds is 1. The highest BCUT2D eigenvalue weighted by Crippen LogP contribution is 2.13. The predicted molar refractivity (Wildman–Crippen MR) is 49.5 cm³/mol. The third-order valence-electron chi connectivity index (χ3n) is 1.26. The van der Waals surface area contributed by atoms with Crippen molar-refractivity contribution >= 4 is 27.5 Å². The van der Waals surface area contributed by atoms with Crippen LogP contribution in [0.15, 0.2) is 16.9 Å². The monoisotopic (exact) mass is 244 g/mol. The summed E-state index contributed by atoms with van der Waals surface area (Å²) in [5.41, 5.74) is 0. The lowest BCUT2D eigenvalue weighted by Crippen LogP contribution is -1.92. The Morgan fingerprint density at radius 2 is 2.42 bits per heavy atom. The number of aryl methyl sites for hydroxylation is 1. The molecule has 2 aromatic heterocycles. The summed E-state index contributed by atoms with van der Waals surface area (Å²) in [6, 6.07) is 0. The molecule has 2 rings (SSSR count). The van der Waals surface area contributed by atoms with Crippen LogP contribution in [0.4, 0.5) is 0 Å². The minimum absolute atomic E-state index is 0.779. The van der Waals surface area contributed by atoms with Crippen molar-refractivity contribution in [3.05, 3.63) is 22.7 Å². The van der Waals surface area contributed by atoms with Crippen molar-refractivity contribution in [3.63, 3.8) is 0 Å². The van der Waals surface area contributed by atoms with Gasteiger partial charge in [-0.3, -0.25) is 0 Å². The van der Waals surface area contributed by atoms with E-state index in [0.29, 0.717) is 0 Å². The zero-order valence-corrected chi connectivity index (χ0v) is 8.63. The number of hydrogen-bond donors (Lipinski definition) is 0. The molecule has 0 saturated heterocycles. The Kier molecular flexibility index (Phi) is 1.93. The summed E-state index contributed by atoms with van der Waals surface area (Å²) >= 11 is 4.64. The fraction of sp³-hybridized carbons (Fsp3) is 0.167. The normalized spacial score (nSPS) is 10.5. The molecular weight excluding hydrogens is 240 g/mol. The third-order valence-corrected chi connectivity index (χ3v) is 2.47. The second-order valence-electron chi connectivity index (χ2n) is 2.23. The van der Waals surface area contributed by atoms with Crippen LogP contribution in [0.3, 0.4) is 0 Å². The van der Waals surface area contributed by atoms with Gasteiger partial charge in [0.15, 0.2) is 0 Å². The summed E-state index contributed by atoms with van der Waals surface area (Å²) in [7, 11) is 0. The first-order chi connectivity index (χ1) is 5.75. The fourth-order valence-corrected chi connectivity index (χ4v) is 1.68. The summed E-state index contributed by atoms with van der Waals surface area (Å²) in [6.45, 7) is 1.86. The van der Waals surface area contributed by atoms with Crippen molar-refractivity contribution in [1.29, 1.82) is 0 Å². The number of halogens is 1. The minimum atomic E-state index is 0.779. The van der Waals surface area contributed by atoms with Crippen LogP contribution in [0.2, 0.25) is 0 Å². The highest BCUT2D eigenvalue weighted by atomic mass is 79.9. The largest absolute Gasteiger partial charge is 0.230 e. The second kappa shape index (κ2) is 2.95. The first kappa shape index (κ1) is 7.88. The molecular formula is C6H5BrN4S. The molecule has 0 unspecified atom stereocenters. The molecule has 0 radical (unpaired) electrons. The van der Waals surface area contributed by atoms with Gasteiger partial charge < -0.3 is 0 Å². The molecule has 0 aliphatic carbocycles. The van der Waals surface area contributed by atoms with Crippen molar-refractivity contribution in [2.75, 3.05) is 0 Å².